The van der Waals surface area contributed by atoms with Crippen LogP contribution in [-0.2, 0) is 0 Å². The number of rotatable bonds is 5. The number of hydrogen-bond acceptors (Lipinski definition) is 6. The Kier molecular flexibility index (Phi) is 6.18. The lowest BCUT2D eigenvalue weighted by molar-refractivity contribution is 0.102. The zero-order valence-electron chi connectivity index (χ0n) is 16.5. The van der Waals surface area contributed by atoms with E-state index in [1.165, 1.54) is 4.90 Å². The number of carbonyl (C=O) groups excluding carboxylic acids is 2. The molecular weight excluding hydrogens is 390 g/mol. The van der Waals surface area contributed by atoms with E-state index in [0.29, 0.717) is 17.1 Å². The third-order valence-electron chi connectivity index (χ3n) is 4.09. The Morgan fingerprint density at radius 1 is 1.14 bits per heavy atom. The Morgan fingerprint density at radius 3 is 2.52 bits per heavy atom. The number of nitrogens with one attached hydrogen (secondary N) is 1. The van der Waals surface area contributed by atoms with E-state index in [2.05, 4.69) is 15.6 Å². The smallest absolute Gasteiger partial charge is 0.285 e. The first-order valence-electron chi connectivity index (χ1n) is 8.76. The number of carbonyl (C=O) groups is 2. The first-order chi connectivity index (χ1) is 13.9. The monoisotopic (exact) mass is 411 g/mol. The second kappa shape index (κ2) is 8.78. The van der Waals surface area contributed by atoms with E-state index in [9.17, 15) is 9.59 Å². The Hall–Kier alpha value is -3.33. The van der Waals surface area contributed by atoms with Gasteiger partial charge in [-0.15, -0.1) is 5.10 Å². The van der Waals surface area contributed by atoms with Gasteiger partial charge in [0.15, 0.2) is 5.69 Å². The van der Waals surface area contributed by atoms with Crippen molar-refractivity contribution in [1.29, 1.82) is 0 Å². The maximum Gasteiger partial charge on any atom is 0.285 e. The van der Waals surface area contributed by atoms with Gasteiger partial charge < -0.3 is 15.0 Å². The minimum absolute atomic E-state index is 0.0634. The molecule has 0 aliphatic rings. The number of aromatic nitrogens is 3. The molecule has 2 aromatic carbocycles. The van der Waals surface area contributed by atoms with Crippen LogP contribution in [0.1, 0.15) is 16.2 Å². The van der Waals surface area contributed by atoms with Crippen LogP contribution in [0.4, 0.5) is 10.5 Å². The van der Waals surface area contributed by atoms with Gasteiger partial charge in [-0.1, -0.05) is 11.3 Å². The van der Waals surface area contributed by atoms with Crippen LogP contribution >= 0.6 is 11.8 Å². The summed E-state index contributed by atoms with van der Waals surface area (Å²) in [6.07, 6.45) is 0. The molecule has 29 heavy (non-hydrogen) atoms. The summed E-state index contributed by atoms with van der Waals surface area (Å²) in [7, 11) is 4.99. The summed E-state index contributed by atoms with van der Waals surface area (Å²) in [6.45, 7) is 1.78. The molecular formula is C20H21N5O3S. The lowest BCUT2D eigenvalue weighted by Crippen LogP contribution is -2.16. The van der Waals surface area contributed by atoms with Crippen molar-refractivity contribution in [2.45, 2.75) is 11.8 Å². The highest BCUT2D eigenvalue weighted by molar-refractivity contribution is 8.13. The van der Waals surface area contributed by atoms with Gasteiger partial charge in [0.2, 0.25) is 0 Å². The molecule has 3 rings (SSSR count). The normalized spacial score (nSPS) is 10.5. The highest BCUT2D eigenvalue weighted by atomic mass is 32.2. The van der Waals surface area contributed by atoms with Crippen molar-refractivity contribution in [2.24, 2.45) is 0 Å². The molecule has 8 nitrogen and oxygen atoms in total. The van der Waals surface area contributed by atoms with Crippen LogP contribution in [0, 0.1) is 6.92 Å². The maximum atomic E-state index is 12.6. The number of methoxy groups -OCH3 is 1. The average molecular weight is 411 g/mol. The van der Waals surface area contributed by atoms with Crippen LogP contribution in [0.5, 0.6) is 5.75 Å². The number of thioether (sulfide) groups is 1. The van der Waals surface area contributed by atoms with Crippen molar-refractivity contribution < 1.29 is 14.3 Å². The van der Waals surface area contributed by atoms with Crippen LogP contribution in [0.15, 0.2) is 53.4 Å². The molecule has 0 atom stereocenters. The molecule has 1 aromatic heterocycles. The highest BCUT2D eigenvalue weighted by Crippen LogP contribution is 2.23. The van der Waals surface area contributed by atoms with Gasteiger partial charge in [0.25, 0.3) is 11.1 Å². The van der Waals surface area contributed by atoms with E-state index in [4.69, 9.17) is 4.74 Å². The number of hydrogen-bond donors (Lipinski definition) is 1. The van der Waals surface area contributed by atoms with E-state index < -0.39 is 0 Å². The molecule has 0 radical (unpaired) electrons. The van der Waals surface area contributed by atoms with Crippen LogP contribution < -0.4 is 10.1 Å². The summed E-state index contributed by atoms with van der Waals surface area (Å²) >= 11 is 1.12. The Morgan fingerprint density at radius 2 is 1.86 bits per heavy atom. The zero-order valence-corrected chi connectivity index (χ0v) is 17.4. The summed E-state index contributed by atoms with van der Waals surface area (Å²) in [6, 6.07) is 14.4. The number of nitrogens with zero attached hydrogens (tertiary/aromatic N) is 4. The van der Waals surface area contributed by atoms with Crippen LogP contribution in [-0.4, -0.2) is 52.2 Å². The first-order valence-corrected chi connectivity index (χ1v) is 9.58. The topological polar surface area (TPSA) is 89.3 Å². The van der Waals surface area contributed by atoms with Gasteiger partial charge in [0, 0.05) is 30.7 Å². The standard InChI is InChI=1S/C20H21N5O3S/c1-13-18(22-23-25(13)15-6-5-7-16(12-15)28-4)19(26)21-14-8-10-17(11-9-14)29-20(27)24(2)3/h5-12H,1-4H3,(H,21,26). The number of benzene rings is 2. The number of amides is 2. The SMILES string of the molecule is COc1cccc(-n2nnc(C(=O)Nc3ccc(SC(=O)N(C)C)cc3)c2C)c1. The summed E-state index contributed by atoms with van der Waals surface area (Å²) in [5.74, 6) is 0.329. The lowest BCUT2D eigenvalue weighted by atomic mass is 10.2. The summed E-state index contributed by atoms with van der Waals surface area (Å²) in [5.41, 5.74) is 2.20. The summed E-state index contributed by atoms with van der Waals surface area (Å²) < 4.78 is 6.82. The van der Waals surface area contributed by atoms with E-state index >= 15 is 0 Å². The molecule has 0 aliphatic carbocycles. The lowest BCUT2D eigenvalue weighted by Gasteiger charge is -2.09. The fourth-order valence-electron chi connectivity index (χ4n) is 2.52. The largest absolute Gasteiger partial charge is 0.497 e. The van der Waals surface area contributed by atoms with E-state index in [-0.39, 0.29) is 16.8 Å². The van der Waals surface area contributed by atoms with Crippen molar-refractivity contribution >= 4 is 28.6 Å². The third kappa shape index (κ3) is 4.75. The molecule has 0 unspecified atom stereocenters. The molecule has 2 amide bonds. The predicted octanol–water partition coefficient (Wildman–Crippen LogP) is 3.61. The third-order valence-corrected chi connectivity index (χ3v) is 5.14. The van der Waals surface area contributed by atoms with E-state index in [0.717, 1.165) is 22.3 Å². The second-order valence-electron chi connectivity index (χ2n) is 6.38. The van der Waals surface area contributed by atoms with Crippen LogP contribution in [0.3, 0.4) is 0 Å². The Bertz CT molecular complexity index is 1030. The van der Waals surface area contributed by atoms with Gasteiger partial charge in [0.1, 0.15) is 5.75 Å². The van der Waals surface area contributed by atoms with Gasteiger partial charge in [-0.25, -0.2) is 4.68 Å². The van der Waals surface area contributed by atoms with Crippen molar-refractivity contribution in [3.05, 3.63) is 59.9 Å². The van der Waals surface area contributed by atoms with Gasteiger partial charge in [-0.3, -0.25) is 9.59 Å². The fourth-order valence-corrected chi connectivity index (χ4v) is 3.17. The molecule has 3 aromatic rings. The van der Waals surface area contributed by atoms with Crippen molar-refractivity contribution in [1.82, 2.24) is 19.9 Å². The molecule has 1 N–H and O–H groups in total. The Labute approximate surface area is 172 Å². The summed E-state index contributed by atoms with van der Waals surface area (Å²) in [5, 5.41) is 10.9. The molecule has 0 fully saturated rings. The fraction of sp³-hybridized carbons (Fsp3) is 0.200. The molecule has 0 aliphatic heterocycles. The molecule has 0 spiro atoms. The average Bonchev–Trinajstić information content (AvgIpc) is 3.10. The van der Waals surface area contributed by atoms with E-state index in [1.807, 2.05) is 24.3 Å². The first kappa shape index (κ1) is 20.4. The Balaban J connectivity index is 1.73. The molecule has 0 bridgehead atoms. The van der Waals surface area contributed by atoms with Gasteiger partial charge in [0.05, 0.1) is 18.5 Å². The zero-order chi connectivity index (χ0) is 21.0. The minimum atomic E-state index is -0.360. The number of ether oxygens (including phenoxy) is 1. The van der Waals surface area contributed by atoms with Crippen molar-refractivity contribution in [2.75, 3.05) is 26.5 Å². The quantitative estimate of drug-likeness (QED) is 0.645. The molecule has 9 heteroatoms. The van der Waals surface area contributed by atoms with Gasteiger partial charge >= 0.3 is 0 Å². The van der Waals surface area contributed by atoms with Crippen molar-refractivity contribution in [3.63, 3.8) is 0 Å². The van der Waals surface area contributed by atoms with Crippen molar-refractivity contribution in [3.8, 4) is 11.4 Å². The van der Waals surface area contributed by atoms with Gasteiger partial charge in [-0.05, 0) is 55.1 Å². The maximum absolute atomic E-state index is 12.6. The number of anilines is 1. The minimum Gasteiger partial charge on any atom is -0.497 e. The second-order valence-corrected chi connectivity index (χ2v) is 7.40. The van der Waals surface area contributed by atoms with Gasteiger partial charge in [-0.2, -0.15) is 0 Å². The van der Waals surface area contributed by atoms with Crippen LogP contribution in [0.25, 0.3) is 5.69 Å². The molecule has 1 heterocycles. The highest BCUT2D eigenvalue weighted by Gasteiger charge is 2.18. The van der Waals surface area contributed by atoms with Crippen LogP contribution in [0.2, 0.25) is 0 Å². The molecule has 0 saturated heterocycles. The predicted molar refractivity (Wildman–Crippen MR) is 112 cm³/mol. The van der Waals surface area contributed by atoms with E-state index in [1.54, 1.807) is 57.1 Å². The summed E-state index contributed by atoms with van der Waals surface area (Å²) in [4.78, 5) is 26.7. The molecule has 150 valence electrons. The molecule has 0 saturated carbocycles.